The molecule has 1 aliphatic carbocycles. The highest BCUT2D eigenvalue weighted by atomic mass is 32.2. The Labute approximate surface area is 103 Å². The first-order chi connectivity index (χ1) is 7.65. The van der Waals surface area contributed by atoms with Gasteiger partial charge in [0.1, 0.15) is 0 Å². The molecule has 0 aliphatic heterocycles. The van der Waals surface area contributed by atoms with Crippen molar-refractivity contribution in [1.82, 2.24) is 0 Å². The minimum Gasteiger partial charge on any atom is -0.327 e. The molecule has 2 rings (SSSR count). The molecule has 1 nitrogen and oxygen atoms in total. The van der Waals surface area contributed by atoms with Gasteiger partial charge in [0.05, 0.1) is 0 Å². The Balaban J connectivity index is 1.94. The number of hydrogen-bond acceptors (Lipinski definition) is 2. The van der Waals surface area contributed by atoms with Crippen LogP contribution in [0.4, 0.5) is 0 Å². The van der Waals surface area contributed by atoms with Crippen LogP contribution in [-0.2, 0) is 5.75 Å². The fourth-order valence-electron chi connectivity index (χ4n) is 2.52. The summed E-state index contributed by atoms with van der Waals surface area (Å²) >= 11 is 2.04. The highest BCUT2D eigenvalue weighted by Gasteiger charge is 2.23. The monoisotopic (exact) mass is 235 g/mol. The fourth-order valence-corrected chi connectivity index (χ4v) is 3.81. The van der Waals surface area contributed by atoms with Gasteiger partial charge in [-0.15, -0.1) is 0 Å². The maximum atomic E-state index is 6.08. The van der Waals surface area contributed by atoms with E-state index in [0.717, 1.165) is 5.75 Å². The smallest absolute Gasteiger partial charge is 0.0202 e. The predicted molar refractivity (Wildman–Crippen MR) is 72.8 cm³/mol. The van der Waals surface area contributed by atoms with Crippen LogP contribution in [0, 0.1) is 13.8 Å². The minimum absolute atomic E-state index is 0.427. The average molecular weight is 235 g/mol. The number of thioether (sulfide) groups is 1. The molecule has 1 aromatic carbocycles. The van der Waals surface area contributed by atoms with Gasteiger partial charge >= 0.3 is 0 Å². The standard InChI is InChI=1S/C14H21NS/c1-10-6-11(2)8-12(7-10)9-16-14-5-3-4-13(14)15/h6-8,13-14H,3-5,9,15H2,1-2H3. The van der Waals surface area contributed by atoms with Gasteiger partial charge in [0.2, 0.25) is 0 Å². The van der Waals surface area contributed by atoms with Gasteiger partial charge in [-0.2, -0.15) is 11.8 Å². The molecular formula is C14H21NS. The molecule has 0 saturated heterocycles. The van der Waals surface area contributed by atoms with E-state index in [1.54, 1.807) is 0 Å². The lowest BCUT2D eigenvalue weighted by atomic mass is 10.1. The van der Waals surface area contributed by atoms with Gasteiger partial charge in [-0.25, -0.2) is 0 Å². The molecule has 2 N–H and O–H groups in total. The van der Waals surface area contributed by atoms with Crippen molar-refractivity contribution in [2.45, 2.75) is 50.2 Å². The summed E-state index contributed by atoms with van der Waals surface area (Å²) in [5.41, 5.74) is 10.3. The molecule has 1 saturated carbocycles. The van der Waals surface area contributed by atoms with E-state index in [9.17, 15) is 0 Å². The summed E-state index contributed by atoms with van der Waals surface area (Å²) in [4.78, 5) is 0. The number of hydrogen-bond donors (Lipinski definition) is 1. The maximum Gasteiger partial charge on any atom is 0.0202 e. The third kappa shape index (κ3) is 3.02. The van der Waals surface area contributed by atoms with Crippen molar-refractivity contribution in [1.29, 1.82) is 0 Å². The van der Waals surface area contributed by atoms with Crippen LogP contribution >= 0.6 is 11.8 Å². The molecule has 0 aromatic heterocycles. The highest BCUT2D eigenvalue weighted by molar-refractivity contribution is 7.99. The largest absolute Gasteiger partial charge is 0.327 e. The van der Waals surface area contributed by atoms with Crippen LogP contribution < -0.4 is 5.73 Å². The molecule has 2 atom stereocenters. The van der Waals surface area contributed by atoms with E-state index in [4.69, 9.17) is 5.73 Å². The predicted octanol–water partition coefficient (Wildman–Crippen LogP) is 3.42. The zero-order valence-electron chi connectivity index (χ0n) is 10.2. The van der Waals surface area contributed by atoms with Gasteiger partial charge in [-0.1, -0.05) is 35.7 Å². The van der Waals surface area contributed by atoms with Gasteiger partial charge in [0.15, 0.2) is 0 Å². The summed E-state index contributed by atoms with van der Waals surface area (Å²) in [6.07, 6.45) is 3.83. The Morgan fingerprint density at radius 2 is 1.88 bits per heavy atom. The third-order valence-electron chi connectivity index (χ3n) is 3.25. The van der Waals surface area contributed by atoms with Gasteiger partial charge in [-0.05, 0) is 32.3 Å². The van der Waals surface area contributed by atoms with Crippen molar-refractivity contribution in [2.24, 2.45) is 5.73 Å². The van der Waals surface area contributed by atoms with Gasteiger partial charge in [0.25, 0.3) is 0 Å². The Morgan fingerprint density at radius 1 is 1.19 bits per heavy atom. The molecule has 0 radical (unpaired) electrons. The van der Waals surface area contributed by atoms with Gasteiger partial charge in [0, 0.05) is 17.0 Å². The van der Waals surface area contributed by atoms with Gasteiger partial charge in [-0.3, -0.25) is 0 Å². The van der Waals surface area contributed by atoms with Crippen molar-refractivity contribution < 1.29 is 0 Å². The Morgan fingerprint density at radius 3 is 2.44 bits per heavy atom. The number of benzene rings is 1. The number of rotatable bonds is 3. The summed E-state index contributed by atoms with van der Waals surface area (Å²) in [7, 11) is 0. The quantitative estimate of drug-likeness (QED) is 0.869. The molecule has 0 spiro atoms. The van der Waals surface area contributed by atoms with Crippen molar-refractivity contribution in [2.75, 3.05) is 0 Å². The van der Waals surface area contributed by atoms with Crippen LogP contribution in [0.3, 0.4) is 0 Å². The molecule has 1 aliphatic rings. The Kier molecular flexibility index (Phi) is 3.93. The molecule has 2 unspecified atom stereocenters. The van der Waals surface area contributed by atoms with Crippen LogP contribution in [0.5, 0.6) is 0 Å². The lowest BCUT2D eigenvalue weighted by Gasteiger charge is -2.15. The van der Waals surface area contributed by atoms with E-state index in [2.05, 4.69) is 32.0 Å². The normalized spacial score (nSPS) is 24.9. The van der Waals surface area contributed by atoms with Gasteiger partial charge < -0.3 is 5.73 Å². The van der Waals surface area contributed by atoms with E-state index < -0.39 is 0 Å². The van der Waals surface area contributed by atoms with Crippen LogP contribution in [0.15, 0.2) is 18.2 Å². The molecular weight excluding hydrogens is 214 g/mol. The van der Waals surface area contributed by atoms with Crippen LogP contribution in [0.1, 0.15) is 36.0 Å². The first-order valence-electron chi connectivity index (χ1n) is 6.09. The minimum atomic E-state index is 0.427. The Hall–Kier alpha value is -0.470. The molecule has 0 heterocycles. The second-order valence-electron chi connectivity index (χ2n) is 4.94. The van der Waals surface area contributed by atoms with Crippen LogP contribution in [-0.4, -0.2) is 11.3 Å². The summed E-state index contributed by atoms with van der Waals surface area (Å²) < 4.78 is 0. The maximum absolute atomic E-state index is 6.08. The topological polar surface area (TPSA) is 26.0 Å². The highest BCUT2D eigenvalue weighted by Crippen LogP contribution is 2.31. The summed E-state index contributed by atoms with van der Waals surface area (Å²) in [5, 5.41) is 0.681. The molecule has 0 amide bonds. The average Bonchev–Trinajstić information content (AvgIpc) is 2.59. The van der Waals surface area contributed by atoms with Crippen molar-refractivity contribution in [3.8, 4) is 0 Å². The summed E-state index contributed by atoms with van der Waals surface area (Å²) in [6, 6.07) is 7.24. The van der Waals surface area contributed by atoms with E-state index in [-0.39, 0.29) is 0 Å². The van der Waals surface area contributed by atoms with Crippen LogP contribution in [0.25, 0.3) is 0 Å². The van der Waals surface area contributed by atoms with E-state index >= 15 is 0 Å². The zero-order chi connectivity index (χ0) is 11.5. The Bertz CT molecular complexity index is 342. The van der Waals surface area contributed by atoms with Crippen LogP contribution in [0.2, 0.25) is 0 Å². The third-order valence-corrected chi connectivity index (χ3v) is 4.76. The molecule has 16 heavy (non-hydrogen) atoms. The summed E-state index contributed by atoms with van der Waals surface area (Å²) in [5.74, 6) is 1.11. The first kappa shape index (κ1) is 12.0. The molecule has 2 heteroatoms. The van der Waals surface area contributed by atoms with E-state index in [0.29, 0.717) is 11.3 Å². The van der Waals surface area contributed by atoms with E-state index in [1.165, 1.54) is 36.0 Å². The molecule has 1 fully saturated rings. The number of aryl methyl sites for hydroxylation is 2. The fraction of sp³-hybridized carbons (Fsp3) is 0.571. The summed E-state index contributed by atoms with van der Waals surface area (Å²) in [6.45, 7) is 4.34. The SMILES string of the molecule is Cc1cc(C)cc(CSC2CCCC2N)c1. The first-order valence-corrected chi connectivity index (χ1v) is 7.14. The zero-order valence-corrected chi connectivity index (χ0v) is 11.0. The number of nitrogens with two attached hydrogens (primary N) is 1. The van der Waals surface area contributed by atoms with Crippen molar-refractivity contribution in [3.05, 3.63) is 34.9 Å². The molecule has 1 aromatic rings. The molecule has 88 valence electrons. The van der Waals surface area contributed by atoms with E-state index in [1.807, 2.05) is 11.8 Å². The van der Waals surface area contributed by atoms with Crippen molar-refractivity contribution >= 4 is 11.8 Å². The second-order valence-corrected chi connectivity index (χ2v) is 6.17. The lowest BCUT2D eigenvalue weighted by Crippen LogP contribution is -2.26. The molecule has 0 bridgehead atoms. The van der Waals surface area contributed by atoms with Crippen molar-refractivity contribution in [3.63, 3.8) is 0 Å². The second kappa shape index (κ2) is 5.24. The lowest BCUT2D eigenvalue weighted by molar-refractivity contribution is 0.716.